The van der Waals surface area contributed by atoms with E-state index in [9.17, 15) is 18.7 Å². The lowest BCUT2D eigenvalue weighted by molar-refractivity contribution is -0.192. The van der Waals surface area contributed by atoms with E-state index in [-0.39, 0.29) is 13.1 Å². The van der Waals surface area contributed by atoms with E-state index < -0.39 is 17.4 Å². The SMILES string of the molecule is CC(C)(O)C(F)(F)C(=O)N1CCCN(Cc2ccc(Cl)cc2)CC1. The molecule has 0 bridgehead atoms. The highest BCUT2D eigenvalue weighted by Crippen LogP contribution is 2.30. The summed E-state index contributed by atoms with van der Waals surface area (Å²) in [5, 5.41) is 10.2. The van der Waals surface area contributed by atoms with Crippen LogP contribution in [0.1, 0.15) is 25.8 Å². The van der Waals surface area contributed by atoms with Gasteiger partial charge in [0.2, 0.25) is 0 Å². The Balaban J connectivity index is 1.97. The van der Waals surface area contributed by atoms with Crippen LogP contribution in [-0.2, 0) is 11.3 Å². The number of carbonyl (C=O) groups excluding carboxylic acids is 1. The number of alkyl halides is 2. The number of amides is 1. The largest absolute Gasteiger partial charge is 0.384 e. The number of rotatable bonds is 4. The van der Waals surface area contributed by atoms with E-state index in [0.717, 1.165) is 30.9 Å². The monoisotopic (exact) mass is 360 g/mol. The fourth-order valence-electron chi connectivity index (χ4n) is 2.64. The Hall–Kier alpha value is -1.24. The maximum atomic E-state index is 14.1. The molecule has 0 aromatic heterocycles. The van der Waals surface area contributed by atoms with Gasteiger partial charge in [0.15, 0.2) is 0 Å². The van der Waals surface area contributed by atoms with Gasteiger partial charge < -0.3 is 10.0 Å². The highest BCUT2D eigenvalue weighted by Gasteiger charge is 2.54. The first-order chi connectivity index (χ1) is 11.1. The van der Waals surface area contributed by atoms with Crippen molar-refractivity contribution in [2.24, 2.45) is 0 Å². The van der Waals surface area contributed by atoms with Gasteiger partial charge in [0, 0.05) is 37.7 Å². The van der Waals surface area contributed by atoms with Crippen molar-refractivity contribution in [3.63, 3.8) is 0 Å². The molecule has 1 N–H and O–H groups in total. The van der Waals surface area contributed by atoms with Crippen LogP contribution in [0.5, 0.6) is 0 Å². The molecule has 1 aliphatic rings. The first kappa shape index (κ1) is 19.1. The van der Waals surface area contributed by atoms with Gasteiger partial charge >= 0.3 is 5.92 Å². The van der Waals surface area contributed by atoms with E-state index in [1.54, 1.807) is 0 Å². The van der Waals surface area contributed by atoms with Crippen LogP contribution in [-0.4, -0.2) is 58.5 Å². The van der Waals surface area contributed by atoms with Crippen molar-refractivity contribution in [1.82, 2.24) is 9.80 Å². The predicted octanol–water partition coefficient (Wildman–Crippen LogP) is 2.78. The molecule has 1 aliphatic heterocycles. The standard InChI is InChI=1S/C17H23ClF2N2O2/c1-16(2,24)17(19,20)15(23)22-9-3-8-21(10-11-22)12-13-4-6-14(18)7-5-13/h4-7,24H,3,8-12H2,1-2H3. The van der Waals surface area contributed by atoms with E-state index in [4.69, 9.17) is 11.6 Å². The predicted molar refractivity (Wildman–Crippen MR) is 89.2 cm³/mol. The van der Waals surface area contributed by atoms with Crippen molar-refractivity contribution in [3.05, 3.63) is 34.9 Å². The van der Waals surface area contributed by atoms with E-state index in [0.29, 0.717) is 24.5 Å². The molecular formula is C17H23ClF2N2O2. The zero-order chi connectivity index (χ0) is 18.0. The van der Waals surface area contributed by atoms with Crippen molar-refractivity contribution in [3.8, 4) is 0 Å². The molecule has 0 radical (unpaired) electrons. The lowest BCUT2D eigenvalue weighted by Gasteiger charge is -2.32. The third kappa shape index (κ3) is 4.43. The Bertz CT molecular complexity index is 573. The summed E-state index contributed by atoms with van der Waals surface area (Å²) in [7, 11) is 0. The zero-order valence-corrected chi connectivity index (χ0v) is 14.7. The molecule has 7 heteroatoms. The van der Waals surface area contributed by atoms with Crippen LogP contribution in [0, 0.1) is 0 Å². The average Bonchev–Trinajstić information content (AvgIpc) is 2.73. The molecule has 2 rings (SSSR count). The lowest BCUT2D eigenvalue weighted by Crippen LogP contribution is -2.55. The fourth-order valence-corrected chi connectivity index (χ4v) is 2.77. The Morgan fingerprint density at radius 3 is 2.38 bits per heavy atom. The van der Waals surface area contributed by atoms with E-state index in [1.807, 2.05) is 24.3 Å². The quantitative estimate of drug-likeness (QED) is 0.898. The molecule has 0 aliphatic carbocycles. The van der Waals surface area contributed by atoms with Gasteiger partial charge in [0.05, 0.1) is 0 Å². The van der Waals surface area contributed by atoms with Gasteiger partial charge in [-0.15, -0.1) is 0 Å². The fraction of sp³-hybridized carbons (Fsp3) is 0.588. The number of halogens is 3. The molecule has 1 saturated heterocycles. The molecule has 1 aromatic rings. The van der Waals surface area contributed by atoms with Gasteiger partial charge in [0.1, 0.15) is 5.60 Å². The Morgan fingerprint density at radius 2 is 1.79 bits per heavy atom. The second-order valence-electron chi connectivity index (χ2n) is 6.68. The smallest absolute Gasteiger partial charge is 0.352 e. The summed E-state index contributed by atoms with van der Waals surface area (Å²) in [5.74, 6) is -5.10. The minimum Gasteiger partial charge on any atom is -0.384 e. The topological polar surface area (TPSA) is 43.8 Å². The average molecular weight is 361 g/mol. The molecule has 1 amide bonds. The molecule has 134 valence electrons. The highest BCUT2D eigenvalue weighted by atomic mass is 35.5. The van der Waals surface area contributed by atoms with Crippen LogP contribution < -0.4 is 0 Å². The Morgan fingerprint density at radius 1 is 1.17 bits per heavy atom. The molecule has 24 heavy (non-hydrogen) atoms. The van der Waals surface area contributed by atoms with Gasteiger partial charge in [-0.1, -0.05) is 23.7 Å². The molecular weight excluding hydrogens is 338 g/mol. The molecule has 4 nitrogen and oxygen atoms in total. The van der Waals surface area contributed by atoms with Gasteiger partial charge in [0.25, 0.3) is 5.91 Å². The van der Waals surface area contributed by atoms with Crippen LogP contribution in [0.4, 0.5) is 8.78 Å². The van der Waals surface area contributed by atoms with Crippen LogP contribution in [0.25, 0.3) is 0 Å². The summed E-state index contributed by atoms with van der Waals surface area (Å²) in [6, 6.07) is 7.49. The summed E-state index contributed by atoms with van der Waals surface area (Å²) in [5.41, 5.74) is -1.29. The third-order valence-electron chi connectivity index (χ3n) is 4.23. The zero-order valence-electron chi connectivity index (χ0n) is 13.9. The lowest BCUT2D eigenvalue weighted by atomic mass is 9.99. The molecule has 1 aromatic carbocycles. The summed E-state index contributed by atoms with van der Waals surface area (Å²) < 4.78 is 28.1. The maximum absolute atomic E-state index is 14.1. The molecule has 0 spiro atoms. The number of carbonyl (C=O) groups is 1. The van der Waals surface area contributed by atoms with Gasteiger partial charge in [-0.05, 0) is 38.0 Å². The molecule has 1 heterocycles. The van der Waals surface area contributed by atoms with E-state index >= 15 is 0 Å². The second-order valence-corrected chi connectivity index (χ2v) is 7.12. The molecule has 0 saturated carbocycles. The van der Waals surface area contributed by atoms with Gasteiger partial charge in [-0.25, -0.2) is 0 Å². The van der Waals surface area contributed by atoms with Gasteiger partial charge in [-0.3, -0.25) is 9.69 Å². The summed E-state index contributed by atoms with van der Waals surface area (Å²) in [6.45, 7) is 4.31. The van der Waals surface area contributed by atoms with Gasteiger partial charge in [-0.2, -0.15) is 8.78 Å². The summed E-state index contributed by atoms with van der Waals surface area (Å²) >= 11 is 5.86. The normalized spacial score (nSPS) is 17.7. The molecule has 1 fully saturated rings. The van der Waals surface area contributed by atoms with Crippen molar-refractivity contribution in [2.45, 2.75) is 38.3 Å². The number of hydrogen-bond donors (Lipinski definition) is 1. The number of hydrogen-bond acceptors (Lipinski definition) is 3. The molecule has 0 unspecified atom stereocenters. The van der Waals surface area contributed by atoms with Crippen LogP contribution >= 0.6 is 11.6 Å². The second kappa shape index (κ2) is 7.33. The number of benzene rings is 1. The maximum Gasteiger partial charge on any atom is 0.352 e. The third-order valence-corrected chi connectivity index (χ3v) is 4.48. The van der Waals surface area contributed by atoms with E-state index in [2.05, 4.69) is 4.90 Å². The van der Waals surface area contributed by atoms with Crippen molar-refractivity contribution in [1.29, 1.82) is 0 Å². The Kier molecular flexibility index (Phi) is 5.83. The minimum absolute atomic E-state index is 0.220. The Labute approximate surface area is 146 Å². The highest BCUT2D eigenvalue weighted by molar-refractivity contribution is 6.30. The first-order valence-electron chi connectivity index (χ1n) is 7.97. The summed E-state index contributed by atoms with van der Waals surface area (Å²) in [4.78, 5) is 15.4. The van der Waals surface area contributed by atoms with Crippen LogP contribution in [0.15, 0.2) is 24.3 Å². The van der Waals surface area contributed by atoms with Crippen molar-refractivity contribution >= 4 is 17.5 Å². The van der Waals surface area contributed by atoms with Crippen LogP contribution in [0.3, 0.4) is 0 Å². The minimum atomic E-state index is -3.79. The van der Waals surface area contributed by atoms with Crippen molar-refractivity contribution in [2.75, 3.05) is 26.2 Å². The first-order valence-corrected chi connectivity index (χ1v) is 8.35. The summed E-state index contributed by atoms with van der Waals surface area (Å²) in [6.07, 6.45) is 0.612. The van der Waals surface area contributed by atoms with Crippen molar-refractivity contribution < 1.29 is 18.7 Å². The van der Waals surface area contributed by atoms with E-state index in [1.165, 1.54) is 0 Å². The number of aliphatic hydroxyl groups is 1. The van der Waals surface area contributed by atoms with Crippen LogP contribution in [0.2, 0.25) is 5.02 Å². The number of nitrogens with zero attached hydrogens (tertiary/aromatic N) is 2. The molecule has 0 atom stereocenters.